The van der Waals surface area contributed by atoms with Gasteiger partial charge >= 0.3 is 0 Å². The van der Waals surface area contributed by atoms with Crippen molar-refractivity contribution in [3.05, 3.63) is 71.3 Å². The average Bonchev–Trinajstić information content (AvgIpc) is 2.68. The van der Waals surface area contributed by atoms with E-state index in [9.17, 15) is 10.4 Å². The van der Waals surface area contributed by atoms with Crippen LogP contribution >= 0.6 is 0 Å². The van der Waals surface area contributed by atoms with E-state index < -0.39 is 0 Å². The number of hydrogen-bond acceptors (Lipinski definition) is 6. The van der Waals surface area contributed by atoms with Gasteiger partial charge in [-0.3, -0.25) is 0 Å². The number of aromatic nitrogens is 1. The highest BCUT2D eigenvalue weighted by molar-refractivity contribution is 5.98. The Balaban J connectivity index is 2.16. The second-order valence-electron chi connectivity index (χ2n) is 6.09. The number of phenolic OH excluding ortho intramolecular Hbond substituents is 1. The van der Waals surface area contributed by atoms with Gasteiger partial charge in [0.1, 0.15) is 29.0 Å². The molecule has 3 rings (SSSR count). The van der Waals surface area contributed by atoms with Crippen molar-refractivity contribution in [2.24, 2.45) is 0 Å². The monoisotopic (exact) mass is 357 g/mol. The molecule has 1 aromatic heterocycles. The molecule has 1 atom stereocenters. The molecule has 0 saturated heterocycles. The SMILES string of the molecule is CC(Nc1nc(N)c(C=N)c(-c2cccc(O)c2)c1C#N)c1ccccc1. The van der Waals surface area contributed by atoms with E-state index in [1.54, 1.807) is 18.2 Å². The van der Waals surface area contributed by atoms with Crippen molar-refractivity contribution in [3.63, 3.8) is 0 Å². The molecule has 6 nitrogen and oxygen atoms in total. The number of rotatable bonds is 5. The van der Waals surface area contributed by atoms with Gasteiger partial charge in [-0.25, -0.2) is 4.98 Å². The van der Waals surface area contributed by atoms with Crippen LogP contribution in [-0.4, -0.2) is 16.3 Å². The van der Waals surface area contributed by atoms with Crippen LogP contribution in [0.5, 0.6) is 5.75 Å². The van der Waals surface area contributed by atoms with Crippen molar-refractivity contribution < 1.29 is 5.11 Å². The van der Waals surface area contributed by atoms with Gasteiger partial charge < -0.3 is 21.6 Å². The smallest absolute Gasteiger partial charge is 0.147 e. The highest BCUT2D eigenvalue weighted by atomic mass is 16.3. The molecule has 0 amide bonds. The molecule has 134 valence electrons. The maximum Gasteiger partial charge on any atom is 0.147 e. The molecule has 3 aromatic rings. The van der Waals surface area contributed by atoms with Gasteiger partial charge in [-0.05, 0) is 30.2 Å². The van der Waals surface area contributed by atoms with E-state index in [1.807, 2.05) is 37.3 Å². The van der Waals surface area contributed by atoms with Gasteiger partial charge in [0.05, 0.1) is 0 Å². The Morgan fingerprint density at radius 3 is 2.59 bits per heavy atom. The number of nitriles is 1. The zero-order chi connectivity index (χ0) is 19.4. The van der Waals surface area contributed by atoms with E-state index >= 15 is 0 Å². The van der Waals surface area contributed by atoms with Crippen LogP contribution in [0.2, 0.25) is 0 Å². The number of nitrogens with two attached hydrogens (primary N) is 1. The van der Waals surface area contributed by atoms with Crippen molar-refractivity contribution in [3.8, 4) is 22.9 Å². The van der Waals surface area contributed by atoms with E-state index in [0.29, 0.717) is 22.5 Å². The van der Waals surface area contributed by atoms with Gasteiger partial charge in [0.25, 0.3) is 0 Å². The van der Waals surface area contributed by atoms with Crippen LogP contribution in [0.4, 0.5) is 11.6 Å². The summed E-state index contributed by atoms with van der Waals surface area (Å²) in [6, 6.07) is 18.4. The largest absolute Gasteiger partial charge is 0.508 e. The molecule has 0 aliphatic rings. The lowest BCUT2D eigenvalue weighted by atomic mass is 9.95. The summed E-state index contributed by atoms with van der Waals surface area (Å²) in [7, 11) is 0. The molecule has 27 heavy (non-hydrogen) atoms. The second kappa shape index (κ2) is 7.58. The number of nitrogens with one attached hydrogen (secondary N) is 2. The first-order chi connectivity index (χ1) is 13.0. The Labute approximate surface area is 157 Å². The highest BCUT2D eigenvalue weighted by Crippen LogP contribution is 2.35. The van der Waals surface area contributed by atoms with Crippen molar-refractivity contribution in [1.29, 1.82) is 10.7 Å². The Morgan fingerprint density at radius 1 is 1.22 bits per heavy atom. The molecule has 0 saturated carbocycles. The lowest BCUT2D eigenvalue weighted by Crippen LogP contribution is -2.13. The maximum absolute atomic E-state index is 9.83. The Kier molecular flexibility index (Phi) is 5.04. The average molecular weight is 357 g/mol. The van der Waals surface area contributed by atoms with E-state index in [1.165, 1.54) is 6.07 Å². The zero-order valence-corrected chi connectivity index (χ0v) is 14.8. The van der Waals surface area contributed by atoms with Gasteiger partial charge in [0.2, 0.25) is 0 Å². The summed E-state index contributed by atoms with van der Waals surface area (Å²) in [6.45, 7) is 1.97. The van der Waals surface area contributed by atoms with Gasteiger partial charge in [-0.2, -0.15) is 5.26 Å². The number of nitrogen functional groups attached to an aromatic ring is 1. The van der Waals surface area contributed by atoms with Crippen LogP contribution in [0.25, 0.3) is 11.1 Å². The van der Waals surface area contributed by atoms with E-state index in [4.69, 9.17) is 11.1 Å². The van der Waals surface area contributed by atoms with Crippen LogP contribution in [0.15, 0.2) is 54.6 Å². The van der Waals surface area contributed by atoms with Crippen molar-refractivity contribution in [2.45, 2.75) is 13.0 Å². The van der Waals surface area contributed by atoms with E-state index in [2.05, 4.69) is 16.4 Å². The first-order valence-corrected chi connectivity index (χ1v) is 8.40. The Bertz CT molecular complexity index is 1020. The second-order valence-corrected chi connectivity index (χ2v) is 6.09. The molecule has 0 radical (unpaired) electrons. The quantitative estimate of drug-likeness (QED) is 0.513. The summed E-state index contributed by atoms with van der Waals surface area (Å²) in [4.78, 5) is 4.32. The Morgan fingerprint density at radius 2 is 1.96 bits per heavy atom. The minimum atomic E-state index is -0.104. The molecular weight excluding hydrogens is 338 g/mol. The fourth-order valence-electron chi connectivity index (χ4n) is 2.97. The van der Waals surface area contributed by atoms with Crippen LogP contribution in [-0.2, 0) is 0 Å². The third-order valence-corrected chi connectivity index (χ3v) is 4.31. The van der Waals surface area contributed by atoms with Crippen molar-refractivity contribution >= 4 is 17.9 Å². The third kappa shape index (κ3) is 3.58. The molecule has 1 unspecified atom stereocenters. The van der Waals surface area contributed by atoms with Crippen LogP contribution in [0.1, 0.15) is 29.7 Å². The fourth-order valence-corrected chi connectivity index (χ4v) is 2.97. The molecule has 2 aromatic carbocycles. The molecule has 5 N–H and O–H groups in total. The molecular formula is C21H19N5O. The molecule has 0 spiro atoms. The molecule has 1 heterocycles. The number of benzene rings is 2. The van der Waals surface area contributed by atoms with Gasteiger partial charge in [0, 0.05) is 23.4 Å². The van der Waals surface area contributed by atoms with Crippen molar-refractivity contribution in [1.82, 2.24) is 4.98 Å². The summed E-state index contributed by atoms with van der Waals surface area (Å²) in [6.07, 6.45) is 1.08. The van der Waals surface area contributed by atoms with Crippen LogP contribution in [0, 0.1) is 16.7 Å². The van der Waals surface area contributed by atoms with Crippen molar-refractivity contribution in [2.75, 3.05) is 11.1 Å². The first kappa shape index (κ1) is 18.0. The molecule has 6 heteroatoms. The number of hydrogen-bond donors (Lipinski definition) is 4. The standard InChI is InChI=1S/C21H19N5O/c1-13(14-6-3-2-4-7-14)25-21-18(12-23)19(17(11-22)20(24)26-21)15-8-5-9-16(27)10-15/h2-11,13,22,27H,1H3,(H3,24,25,26). The lowest BCUT2D eigenvalue weighted by Gasteiger charge is -2.19. The maximum atomic E-state index is 9.83. The summed E-state index contributed by atoms with van der Waals surface area (Å²) >= 11 is 0. The molecule has 0 aliphatic heterocycles. The topological polar surface area (TPSA) is 119 Å². The lowest BCUT2D eigenvalue weighted by molar-refractivity contribution is 0.475. The Hall–Kier alpha value is -3.85. The van der Waals surface area contributed by atoms with Gasteiger partial charge in [0.15, 0.2) is 0 Å². The number of pyridine rings is 1. The summed E-state index contributed by atoms with van der Waals surface area (Å²) in [5.74, 6) is 0.551. The van der Waals surface area contributed by atoms with E-state index in [-0.39, 0.29) is 23.2 Å². The summed E-state index contributed by atoms with van der Waals surface area (Å²) in [5, 5.41) is 30.6. The fraction of sp³-hybridized carbons (Fsp3) is 0.0952. The molecule has 0 fully saturated rings. The summed E-state index contributed by atoms with van der Waals surface area (Å²) < 4.78 is 0. The predicted octanol–water partition coefficient (Wildman–Crippen LogP) is 4.08. The van der Waals surface area contributed by atoms with E-state index in [0.717, 1.165) is 11.8 Å². The first-order valence-electron chi connectivity index (χ1n) is 8.40. The number of phenols is 1. The van der Waals surface area contributed by atoms with Gasteiger partial charge in [-0.1, -0.05) is 42.5 Å². The normalized spacial score (nSPS) is 11.4. The predicted molar refractivity (Wildman–Crippen MR) is 107 cm³/mol. The summed E-state index contributed by atoms with van der Waals surface area (Å²) in [5.41, 5.74) is 8.79. The zero-order valence-electron chi connectivity index (χ0n) is 14.8. The van der Waals surface area contributed by atoms with Gasteiger partial charge in [-0.15, -0.1) is 0 Å². The molecule has 0 bridgehead atoms. The minimum absolute atomic E-state index is 0.0647. The number of aromatic hydroxyl groups is 1. The minimum Gasteiger partial charge on any atom is -0.508 e. The third-order valence-electron chi connectivity index (χ3n) is 4.31. The number of anilines is 2. The highest BCUT2D eigenvalue weighted by Gasteiger charge is 2.20. The van der Waals surface area contributed by atoms with Crippen LogP contribution in [0.3, 0.4) is 0 Å². The molecule has 0 aliphatic carbocycles. The number of nitrogens with zero attached hydrogens (tertiary/aromatic N) is 2. The van der Waals surface area contributed by atoms with Crippen LogP contribution < -0.4 is 11.1 Å².